The van der Waals surface area contributed by atoms with Crippen LogP contribution in [0.1, 0.15) is 42.1 Å². The van der Waals surface area contributed by atoms with Gasteiger partial charge in [0.25, 0.3) is 0 Å². The Balaban J connectivity index is 1.90. The van der Waals surface area contributed by atoms with Crippen LogP contribution in [0.3, 0.4) is 0 Å². The van der Waals surface area contributed by atoms with E-state index in [1.54, 1.807) is 6.07 Å². The number of thioether (sulfide) groups is 1. The van der Waals surface area contributed by atoms with Gasteiger partial charge in [-0.1, -0.05) is 0 Å². The van der Waals surface area contributed by atoms with Crippen molar-refractivity contribution >= 4 is 17.7 Å². The third-order valence-corrected chi connectivity index (χ3v) is 4.83. The van der Waals surface area contributed by atoms with Crippen LogP contribution >= 0.6 is 11.8 Å². The van der Waals surface area contributed by atoms with Crippen LogP contribution in [0.25, 0.3) is 0 Å². The lowest BCUT2D eigenvalue weighted by Gasteiger charge is -2.16. The molecular weight excluding hydrogens is 250 g/mol. The molecule has 0 spiro atoms. The van der Waals surface area contributed by atoms with Crippen LogP contribution in [0.2, 0.25) is 0 Å². The number of nitrogens with one attached hydrogen (secondary N) is 1. The van der Waals surface area contributed by atoms with Gasteiger partial charge in [-0.25, -0.2) is 4.79 Å². The van der Waals surface area contributed by atoms with E-state index in [1.807, 2.05) is 24.8 Å². The molecule has 0 saturated heterocycles. The number of carbonyl (C=O) groups is 1. The van der Waals surface area contributed by atoms with E-state index in [9.17, 15) is 4.79 Å². The van der Waals surface area contributed by atoms with Crippen molar-refractivity contribution in [2.24, 2.45) is 0 Å². The highest BCUT2D eigenvalue weighted by molar-refractivity contribution is 8.00. The Morgan fingerprint density at radius 2 is 2.33 bits per heavy atom. The minimum Gasteiger partial charge on any atom is -0.463 e. The van der Waals surface area contributed by atoms with Gasteiger partial charge in [0.2, 0.25) is 5.76 Å². The lowest BCUT2D eigenvalue weighted by molar-refractivity contribution is 0.0562. The molecule has 1 N–H and O–H groups in total. The van der Waals surface area contributed by atoms with Crippen molar-refractivity contribution in [2.45, 2.75) is 30.6 Å². The average Bonchev–Trinajstić information content (AvgIpc) is 3.01. The first kappa shape index (κ1) is 13.5. The quantitative estimate of drug-likeness (QED) is 0.804. The van der Waals surface area contributed by atoms with E-state index < -0.39 is 5.97 Å². The topological polar surface area (TPSA) is 51.5 Å². The standard InChI is InChI=1S/C13H19NO3S/c1-9(14-8-13(18-3)6-7-13)10-4-5-11(17-10)12(15)16-2/h4-5,9,14H,6-8H2,1-3H3. The summed E-state index contributed by atoms with van der Waals surface area (Å²) in [4.78, 5) is 11.3. The third-order valence-electron chi connectivity index (χ3n) is 3.41. The second kappa shape index (κ2) is 5.36. The van der Waals surface area contributed by atoms with E-state index in [1.165, 1.54) is 20.0 Å². The maximum Gasteiger partial charge on any atom is 0.373 e. The van der Waals surface area contributed by atoms with Gasteiger partial charge >= 0.3 is 5.97 Å². The Morgan fingerprint density at radius 3 is 2.89 bits per heavy atom. The van der Waals surface area contributed by atoms with Crippen molar-refractivity contribution in [1.29, 1.82) is 0 Å². The van der Waals surface area contributed by atoms with Crippen LogP contribution in [0.4, 0.5) is 0 Å². The second-order valence-electron chi connectivity index (χ2n) is 4.68. The highest BCUT2D eigenvalue weighted by Crippen LogP contribution is 2.46. The Hall–Kier alpha value is -0.940. The molecule has 18 heavy (non-hydrogen) atoms. The fraction of sp³-hybridized carbons (Fsp3) is 0.615. The number of furan rings is 1. The highest BCUT2D eigenvalue weighted by Gasteiger charge is 2.41. The number of hydrogen-bond donors (Lipinski definition) is 1. The van der Waals surface area contributed by atoms with Gasteiger partial charge in [0.15, 0.2) is 0 Å². The first-order valence-corrected chi connectivity index (χ1v) is 7.29. The number of hydrogen-bond acceptors (Lipinski definition) is 5. The van der Waals surface area contributed by atoms with Gasteiger partial charge in [0.05, 0.1) is 13.2 Å². The van der Waals surface area contributed by atoms with Crippen LogP contribution in [0, 0.1) is 0 Å². The molecule has 0 aromatic carbocycles. The zero-order chi connectivity index (χ0) is 13.2. The lowest BCUT2D eigenvalue weighted by atomic mass is 10.2. The van der Waals surface area contributed by atoms with Gasteiger partial charge < -0.3 is 14.5 Å². The smallest absolute Gasteiger partial charge is 0.373 e. The Morgan fingerprint density at radius 1 is 1.61 bits per heavy atom. The molecule has 0 radical (unpaired) electrons. The van der Waals surface area contributed by atoms with Crippen molar-refractivity contribution in [3.8, 4) is 0 Å². The number of ether oxygens (including phenoxy) is 1. The van der Waals surface area contributed by atoms with Crippen molar-refractivity contribution in [3.05, 3.63) is 23.7 Å². The van der Waals surface area contributed by atoms with E-state index in [0.29, 0.717) is 4.75 Å². The normalized spacial score (nSPS) is 18.4. The van der Waals surface area contributed by atoms with Gasteiger partial charge in [-0.2, -0.15) is 11.8 Å². The van der Waals surface area contributed by atoms with Crippen LogP contribution in [0.5, 0.6) is 0 Å². The Bertz CT molecular complexity index is 426. The van der Waals surface area contributed by atoms with Crippen LogP contribution < -0.4 is 5.32 Å². The zero-order valence-electron chi connectivity index (χ0n) is 11.0. The summed E-state index contributed by atoms with van der Waals surface area (Å²) in [6, 6.07) is 3.58. The first-order chi connectivity index (χ1) is 8.60. The Labute approximate surface area is 111 Å². The SMILES string of the molecule is COC(=O)c1ccc(C(C)NCC2(SC)CC2)o1. The molecule has 0 bridgehead atoms. The monoisotopic (exact) mass is 269 g/mol. The number of rotatable bonds is 6. The maximum absolute atomic E-state index is 11.3. The van der Waals surface area contributed by atoms with E-state index >= 15 is 0 Å². The van der Waals surface area contributed by atoms with Crippen molar-refractivity contribution in [3.63, 3.8) is 0 Å². The number of carbonyl (C=O) groups excluding carboxylic acids is 1. The highest BCUT2D eigenvalue weighted by atomic mass is 32.2. The molecule has 1 atom stereocenters. The summed E-state index contributed by atoms with van der Waals surface area (Å²) >= 11 is 1.92. The molecule has 1 unspecified atom stereocenters. The largest absolute Gasteiger partial charge is 0.463 e. The lowest BCUT2D eigenvalue weighted by Crippen LogP contribution is -2.28. The molecule has 4 nitrogen and oxygen atoms in total. The summed E-state index contributed by atoms with van der Waals surface area (Å²) in [5, 5.41) is 3.46. The fourth-order valence-corrected chi connectivity index (χ4v) is 2.57. The van der Waals surface area contributed by atoms with Gasteiger partial charge in [0.1, 0.15) is 5.76 Å². The van der Waals surface area contributed by atoms with E-state index in [2.05, 4.69) is 16.3 Å². The fourth-order valence-electron chi connectivity index (χ4n) is 1.83. The summed E-state index contributed by atoms with van der Waals surface area (Å²) in [5.74, 6) is 0.593. The van der Waals surface area contributed by atoms with Gasteiger partial charge in [0, 0.05) is 11.3 Å². The van der Waals surface area contributed by atoms with Crippen LogP contribution in [-0.4, -0.2) is 30.6 Å². The maximum atomic E-state index is 11.3. The molecule has 2 rings (SSSR count). The van der Waals surface area contributed by atoms with Crippen molar-refractivity contribution < 1.29 is 13.9 Å². The van der Waals surface area contributed by atoms with E-state index in [-0.39, 0.29) is 11.8 Å². The van der Waals surface area contributed by atoms with Crippen LogP contribution in [-0.2, 0) is 4.74 Å². The summed E-state index contributed by atoms with van der Waals surface area (Å²) in [5.41, 5.74) is 0. The molecule has 1 heterocycles. The molecule has 1 aromatic heterocycles. The van der Waals surface area contributed by atoms with E-state index in [4.69, 9.17) is 4.42 Å². The zero-order valence-corrected chi connectivity index (χ0v) is 11.8. The summed E-state index contributed by atoms with van der Waals surface area (Å²) in [6.45, 7) is 3.01. The molecule has 1 aliphatic rings. The molecular formula is C13H19NO3S. The van der Waals surface area contributed by atoms with E-state index in [0.717, 1.165) is 12.3 Å². The van der Waals surface area contributed by atoms with Gasteiger partial charge in [-0.3, -0.25) is 0 Å². The van der Waals surface area contributed by atoms with Gasteiger partial charge in [-0.05, 0) is 38.2 Å². The summed E-state index contributed by atoms with van der Waals surface area (Å²) in [6.07, 6.45) is 4.71. The minimum absolute atomic E-state index is 0.105. The minimum atomic E-state index is -0.434. The average molecular weight is 269 g/mol. The third kappa shape index (κ3) is 2.90. The Kier molecular flexibility index (Phi) is 4.02. The number of esters is 1. The summed E-state index contributed by atoms with van der Waals surface area (Å²) < 4.78 is 10.5. The summed E-state index contributed by atoms with van der Waals surface area (Å²) in [7, 11) is 1.35. The molecule has 0 aliphatic heterocycles. The first-order valence-electron chi connectivity index (χ1n) is 6.07. The predicted molar refractivity (Wildman–Crippen MR) is 71.9 cm³/mol. The molecule has 1 saturated carbocycles. The molecule has 5 heteroatoms. The second-order valence-corrected chi connectivity index (χ2v) is 5.96. The molecule has 1 aliphatic carbocycles. The number of methoxy groups -OCH3 is 1. The van der Waals surface area contributed by atoms with Gasteiger partial charge in [-0.15, -0.1) is 0 Å². The molecule has 1 aromatic rings. The molecule has 100 valence electrons. The van der Waals surface area contributed by atoms with Crippen molar-refractivity contribution in [2.75, 3.05) is 19.9 Å². The van der Waals surface area contributed by atoms with Crippen molar-refractivity contribution in [1.82, 2.24) is 5.32 Å². The molecule has 1 fully saturated rings. The van der Waals surface area contributed by atoms with Crippen LogP contribution in [0.15, 0.2) is 16.5 Å². The molecule has 0 amide bonds. The predicted octanol–water partition coefficient (Wildman–Crippen LogP) is 2.61.